The maximum Gasteiger partial charge on any atom is 0.110 e. The maximum absolute atomic E-state index is 8.47. The molecule has 0 aliphatic heterocycles. The lowest BCUT2D eigenvalue weighted by atomic mass is 10.2. The van der Waals surface area contributed by atoms with Crippen LogP contribution in [0.15, 0.2) is 0 Å². The molecule has 1 N–H and O–H groups in total. The van der Waals surface area contributed by atoms with Crippen molar-refractivity contribution in [3.8, 4) is 0 Å². The highest BCUT2D eigenvalue weighted by Crippen LogP contribution is 2.34. The number of thiol groups is 4. The normalized spacial score (nSPS) is 15.3. The highest BCUT2D eigenvalue weighted by atomic mass is 32.2. The van der Waals surface area contributed by atoms with E-state index >= 15 is 0 Å². The highest BCUT2D eigenvalue weighted by molar-refractivity contribution is 8.18. The van der Waals surface area contributed by atoms with Gasteiger partial charge in [0.25, 0.3) is 0 Å². The molecule has 0 saturated carbocycles. The van der Waals surface area contributed by atoms with Crippen molar-refractivity contribution >= 4 is 50.5 Å². The molecule has 5 heteroatoms. The standard InChI is InChI=1S/C5H12OS4/c6-3-1-2-4(7)5(8,9)10/h4,6-10H,1-3H2. The summed E-state index contributed by atoms with van der Waals surface area (Å²) in [6.07, 6.45) is 1.49. The van der Waals surface area contributed by atoms with Crippen LogP contribution in [0.4, 0.5) is 0 Å². The zero-order valence-corrected chi connectivity index (χ0v) is 9.01. The van der Waals surface area contributed by atoms with Crippen molar-refractivity contribution < 1.29 is 5.11 Å². The summed E-state index contributed by atoms with van der Waals surface area (Å²) in [6.45, 7) is 0.183. The minimum Gasteiger partial charge on any atom is -0.396 e. The van der Waals surface area contributed by atoms with Gasteiger partial charge in [-0.3, -0.25) is 0 Å². The first-order valence-electron chi connectivity index (χ1n) is 2.94. The van der Waals surface area contributed by atoms with Crippen LogP contribution in [0, 0.1) is 0 Å². The second-order valence-electron chi connectivity index (χ2n) is 2.07. The molecule has 0 bridgehead atoms. The third-order valence-corrected chi connectivity index (χ3v) is 3.27. The third-order valence-electron chi connectivity index (χ3n) is 1.08. The lowest BCUT2D eigenvalue weighted by Gasteiger charge is -2.22. The van der Waals surface area contributed by atoms with E-state index in [9.17, 15) is 0 Å². The number of aliphatic hydroxyl groups excluding tert-OH is 1. The second-order valence-corrected chi connectivity index (χ2v) is 5.87. The average molecular weight is 216 g/mol. The first-order valence-corrected chi connectivity index (χ1v) is 4.80. The van der Waals surface area contributed by atoms with Crippen LogP contribution in [0.3, 0.4) is 0 Å². The van der Waals surface area contributed by atoms with Crippen LogP contribution >= 0.6 is 50.5 Å². The summed E-state index contributed by atoms with van der Waals surface area (Å²) in [4.78, 5) is 0. The van der Waals surface area contributed by atoms with Gasteiger partial charge in [0.05, 0.1) is 0 Å². The molecule has 0 amide bonds. The summed E-state index contributed by atoms with van der Waals surface area (Å²) in [5, 5.41) is 8.47. The predicted molar refractivity (Wildman–Crippen MR) is 58.8 cm³/mol. The molecule has 0 spiro atoms. The van der Waals surface area contributed by atoms with Crippen LogP contribution in [-0.2, 0) is 0 Å². The molecule has 62 valence electrons. The lowest BCUT2D eigenvalue weighted by molar-refractivity contribution is 0.284. The Balaban J connectivity index is 3.52. The van der Waals surface area contributed by atoms with Gasteiger partial charge in [-0.1, -0.05) is 0 Å². The maximum atomic E-state index is 8.47. The molecule has 0 heterocycles. The number of hydrogen-bond acceptors (Lipinski definition) is 5. The quantitative estimate of drug-likeness (QED) is 0.356. The van der Waals surface area contributed by atoms with E-state index in [4.69, 9.17) is 5.11 Å². The summed E-state index contributed by atoms with van der Waals surface area (Å²) in [6, 6.07) is 0. The fraction of sp³-hybridized carbons (Fsp3) is 1.00. The summed E-state index contributed by atoms with van der Waals surface area (Å²) in [5.41, 5.74) is 0. The molecule has 0 fully saturated rings. The van der Waals surface area contributed by atoms with Crippen LogP contribution in [0.5, 0.6) is 0 Å². The molecule has 1 atom stereocenters. The highest BCUT2D eigenvalue weighted by Gasteiger charge is 2.23. The van der Waals surface area contributed by atoms with Gasteiger partial charge in [-0.15, -0.1) is 0 Å². The lowest BCUT2D eigenvalue weighted by Crippen LogP contribution is -2.20. The molecule has 0 aliphatic carbocycles. The second kappa shape index (κ2) is 5.09. The van der Waals surface area contributed by atoms with Crippen molar-refractivity contribution in [2.75, 3.05) is 6.61 Å². The SMILES string of the molecule is OCCCC(S)C(S)(S)S. The van der Waals surface area contributed by atoms with Crippen molar-refractivity contribution in [1.82, 2.24) is 0 Å². The largest absolute Gasteiger partial charge is 0.396 e. The fourth-order valence-corrected chi connectivity index (χ4v) is 1.05. The first kappa shape index (κ1) is 11.4. The van der Waals surface area contributed by atoms with E-state index in [2.05, 4.69) is 50.5 Å². The Morgan fingerprint density at radius 1 is 1.30 bits per heavy atom. The Kier molecular flexibility index (Phi) is 5.78. The summed E-state index contributed by atoms with van der Waals surface area (Å²) in [5.74, 6) is 0. The van der Waals surface area contributed by atoms with Gasteiger partial charge in [-0.2, -0.15) is 50.5 Å². The van der Waals surface area contributed by atoms with E-state index in [0.29, 0.717) is 0 Å². The van der Waals surface area contributed by atoms with Crippen molar-refractivity contribution in [3.63, 3.8) is 0 Å². The Morgan fingerprint density at radius 3 is 2.10 bits per heavy atom. The molecule has 1 nitrogen and oxygen atoms in total. The molecular formula is C5H12OS4. The van der Waals surface area contributed by atoms with Gasteiger partial charge in [0, 0.05) is 11.9 Å². The zero-order chi connectivity index (χ0) is 8.20. The van der Waals surface area contributed by atoms with Crippen LogP contribution < -0.4 is 0 Å². The monoisotopic (exact) mass is 216 g/mol. The summed E-state index contributed by atoms with van der Waals surface area (Å²) >= 11 is 16.5. The zero-order valence-electron chi connectivity index (χ0n) is 5.43. The molecule has 0 rings (SSSR count). The van der Waals surface area contributed by atoms with Crippen LogP contribution in [0.2, 0.25) is 0 Å². The van der Waals surface area contributed by atoms with Crippen LogP contribution in [0.1, 0.15) is 12.8 Å². The summed E-state index contributed by atoms with van der Waals surface area (Å²) < 4.78 is -0.654. The average Bonchev–Trinajstić information content (AvgIpc) is 1.80. The Bertz CT molecular complexity index is 90.1. The van der Waals surface area contributed by atoms with E-state index in [1.54, 1.807) is 0 Å². The Hall–Kier alpha value is 1.36. The molecule has 0 aliphatic rings. The van der Waals surface area contributed by atoms with Gasteiger partial charge in [0.2, 0.25) is 0 Å². The van der Waals surface area contributed by atoms with Gasteiger partial charge in [-0.05, 0) is 12.8 Å². The first-order chi connectivity index (χ1) is 4.48. The van der Waals surface area contributed by atoms with E-state index < -0.39 is 3.41 Å². The fourth-order valence-electron chi connectivity index (χ4n) is 0.478. The Morgan fingerprint density at radius 2 is 1.80 bits per heavy atom. The third kappa shape index (κ3) is 5.07. The molecule has 0 radical (unpaired) electrons. The van der Waals surface area contributed by atoms with Crippen molar-refractivity contribution in [1.29, 1.82) is 0 Å². The minimum absolute atomic E-state index is 0.00495. The van der Waals surface area contributed by atoms with Crippen molar-refractivity contribution in [2.45, 2.75) is 21.5 Å². The van der Waals surface area contributed by atoms with Gasteiger partial charge in [0.15, 0.2) is 0 Å². The summed E-state index contributed by atoms with van der Waals surface area (Å²) in [7, 11) is 0. The number of aliphatic hydroxyl groups is 1. The van der Waals surface area contributed by atoms with Crippen molar-refractivity contribution in [3.05, 3.63) is 0 Å². The Labute approximate surface area is 83.6 Å². The molecule has 0 aromatic heterocycles. The topological polar surface area (TPSA) is 20.2 Å². The molecule has 1 unspecified atom stereocenters. The van der Waals surface area contributed by atoms with E-state index in [1.807, 2.05) is 0 Å². The van der Waals surface area contributed by atoms with Gasteiger partial charge in [0.1, 0.15) is 3.41 Å². The number of rotatable bonds is 4. The van der Waals surface area contributed by atoms with Crippen LogP contribution in [-0.4, -0.2) is 20.4 Å². The van der Waals surface area contributed by atoms with Crippen molar-refractivity contribution in [2.24, 2.45) is 0 Å². The van der Waals surface area contributed by atoms with E-state index in [1.165, 1.54) is 0 Å². The van der Waals surface area contributed by atoms with Gasteiger partial charge >= 0.3 is 0 Å². The van der Waals surface area contributed by atoms with Gasteiger partial charge < -0.3 is 5.11 Å². The molecule has 10 heavy (non-hydrogen) atoms. The molecule has 0 aromatic rings. The molecular weight excluding hydrogens is 204 g/mol. The minimum atomic E-state index is -0.654. The number of hydrogen-bond donors (Lipinski definition) is 5. The van der Waals surface area contributed by atoms with E-state index in [-0.39, 0.29) is 11.9 Å². The van der Waals surface area contributed by atoms with Gasteiger partial charge in [-0.25, -0.2) is 0 Å². The van der Waals surface area contributed by atoms with Crippen LogP contribution in [0.25, 0.3) is 0 Å². The van der Waals surface area contributed by atoms with E-state index in [0.717, 1.165) is 12.8 Å². The molecule has 0 saturated heterocycles. The molecule has 0 aromatic carbocycles. The smallest absolute Gasteiger partial charge is 0.110 e. The predicted octanol–water partition coefficient (Wildman–Crippen LogP) is 1.50.